The molecule has 0 atom stereocenters. The van der Waals surface area contributed by atoms with Crippen molar-refractivity contribution in [3.8, 4) is 17.2 Å². The van der Waals surface area contributed by atoms with Gasteiger partial charge in [0.2, 0.25) is 0 Å². The number of hydrogen-bond donors (Lipinski definition) is 1. The third-order valence-corrected chi connectivity index (χ3v) is 5.90. The van der Waals surface area contributed by atoms with Gasteiger partial charge in [-0.15, -0.1) is 0 Å². The predicted molar refractivity (Wildman–Crippen MR) is 140 cm³/mol. The van der Waals surface area contributed by atoms with Gasteiger partial charge < -0.3 is 14.2 Å². The number of rotatable bonds is 9. The molecule has 4 amide bonds. The molecule has 4 rings (SSSR count). The number of urea groups is 1. The smallest absolute Gasteiger partial charge is 0.335 e. The second kappa shape index (κ2) is 11.6. The van der Waals surface area contributed by atoms with Crippen LogP contribution in [0.5, 0.6) is 17.2 Å². The third-order valence-electron chi connectivity index (χ3n) is 5.53. The lowest BCUT2D eigenvalue weighted by Crippen LogP contribution is -2.54. The molecule has 1 N–H and O–H groups in total. The van der Waals surface area contributed by atoms with Crippen LogP contribution in [0.3, 0.4) is 0 Å². The van der Waals surface area contributed by atoms with Gasteiger partial charge >= 0.3 is 6.03 Å². The minimum atomic E-state index is -0.839. The Morgan fingerprint density at radius 3 is 2.38 bits per heavy atom. The van der Waals surface area contributed by atoms with E-state index in [4.69, 9.17) is 25.8 Å². The molecule has 3 aromatic rings. The van der Waals surface area contributed by atoms with E-state index >= 15 is 0 Å². The Morgan fingerprint density at radius 1 is 0.946 bits per heavy atom. The minimum Gasteiger partial charge on any atom is -0.497 e. The Kier molecular flexibility index (Phi) is 8.10. The van der Waals surface area contributed by atoms with E-state index in [1.165, 1.54) is 13.2 Å². The average molecular weight is 521 g/mol. The van der Waals surface area contributed by atoms with E-state index in [2.05, 4.69) is 5.32 Å². The molecule has 3 aromatic carbocycles. The Bertz CT molecular complexity index is 1350. The molecule has 0 aromatic heterocycles. The molecule has 8 nitrogen and oxygen atoms in total. The first kappa shape index (κ1) is 25.8. The van der Waals surface area contributed by atoms with Gasteiger partial charge in [0.1, 0.15) is 29.4 Å². The second-order valence-corrected chi connectivity index (χ2v) is 8.49. The van der Waals surface area contributed by atoms with E-state index in [0.717, 1.165) is 16.9 Å². The Labute approximate surface area is 219 Å². The molecule has 37 heavy (non-hydrogen) atoms. The summed E-state index contributed by atoms with van der Waals surface area (Å²) in [6, 6.07) is 18.0. The number of halogens is 1. The molecule has 1 aliphatic rings. The summed E-state index contributed by atoms with van der Waals surface area (Å²) < 4.78 is 16.8. The SMILES string of the molecule is CCCOc1cc(OC)ccc1/C=C1\C(=O)NC(=O)N(c2ccc(OCc3ccccc3Cl)cc2)C1=O. The van der Waals surface area contributed by atoms with Crippen molar-refractivity contribution < 1.29 is 28.6 Å². The maximum atomic E-state index is 13.3. The highest BCUT2D eigenvalue weighted by Crippen LogP contribution is 2.30. The van der Waals surface area contributed by atoms with Crippen molar-refractivity contribution in [2.24, 2.45) is 0 Å². The van der Waals surface area contributed by atoms with Crippen molar-refractivity contribution in [3.63, 3.8) is 0 Å². The van der Waals surface area contributed by atoms with Crippen LogP contribution in [0.15, 0.2) is 72.3 Å². The molecule has 1 aliphatic heterocycles. The number of ether oxygens (including phenoxy) is 3. The minimum absolute atomic E-state index is 0.204. The molecule has 1 saturated heterocycles. The van der Waals surface area contributed by atoms with E-state index in [9.17, 15) is 14.4 Å². The monoisotopic (exact) mass is 520 g/mol. The molecule has 190 valence electrons. The molecule has 1 fully saturated rings. The lowest BCUT2D eigenvalue weighted by Gasteiger charge is -2.26. The van der Waals surface area contributed by atoms with Crippen LogP contribution in [0.1, 0.15) is 24.5 Å². The summed E-state index contributed by atoms with van der Waals surface area (Å²) in [4.78, 5) is 39.4. The van der Waals surface area contributed by atoms with Crippen LogP contribution in [0, 0.1) is 0 Å². The summed E-state index contributed by atoms with van der Waals surface area (Å²) in [7, 11) is 1.53. The van der Waals surface area contributed by atoms with Crippen molar-refractivity contribution in [2.45, 2.75) is 20.0 Å². The second-order valence-electron chi connectivity index (χ2n) is 8.08. The van der Waals surface area contributed by atoms with Gasteiger partial charge in [0, 0.05) is 22.2 Å². The van der Waals surface area contributed by atoms with E-state index in [1.807, 2.05) is 25.1 Å². The van der Waals surface area contributed by atoms with Gasteiger partial charge in [-0.3, -0.25) is 14.9 Å². The van der Waals surface area contributed by atoms with Crippen molar-refractivity contribution in [2.75, 3.05) is 18.6 Å². The normalized spacial score (nSPS) is 14.5. The molecular formula is C28H25ClN2O6. The molecule has 9 heteroatoms. The lowest BCUT2D eigenvalue weighted by molar-refractivity contribution is -0.122. The largest absolute Gasteiger partial charge is 0.497 e. The molecule has 0 bridgehead atoms. The third kappa shape index (κ3) is 5.92. The van der Waals surface area contributed by atoms with Crippen LogP contribution in [0.25, 0.3) is 6.08 Å². The fraction of sp³-hybridized carbons (Fsp3) is 0.179. The number of nitrogens with one attached hydrogen (secondary N) is 1. The number of hydrogen-bond acceptors (Lipinski definition) is 6. The molecule has 0 radical (unpaired) electrons. The zero-order valence-corrected chi connectivity index (χ0v) is 21.1. The summed E-state index contributed by atoms with van der Waals surface area (Å²) >= 11 is 6.17. The summed E-state index contributed by atoms with van der Waals surface area (Å²) in [5.41, 5.74) is 1.41. The molecule has 0 aliphatic carbocycles. The zero-order chi connectivity index (χ0) is 26.4. The van der Waals surface area contributed by atoms with Gasteiger partial charge in [0.15, 0.2) is 0 Å². The van der Waals surface area contributed by atoms with Crippen molar-refractivity contribution >= 4 is 41.2 Å². The summed E-state index contributed by atoms with van der Waals surface area (Å²) in [5.74, 6) is 0.00868. The molecular weight excluding hydrogens is 496 g/mol. The first-order valence-corrected chi connectivity index (χ1v) is 12.0. The van der Waals surface area contributed by atoms with Gasteiger partial charge in [-0.2, -0.15) is 0 Å². The first-order valence-electron chi connectivity index (χ1n) is 11.6. The number of anilines is 1. The Hall–Kier alpha value is -4.30. The van der Waals surface area contributed by atoms with Crippen molar-refractivity contribution in [3.05, 3.63) is 88.5 Å². The number of barbiturate groups is 1. The average Bonchev–Trinajstić information content (AvgIpc) is 2.90. The molecule has 0 spiro atoms. The number of carbonyl (C=O) groups excluding carboxylic acids is 3. The predicted octanol–water partition coefficient (Wildman–Crippen LogP) is 5.38. The number of nitrogens with zero attached hydrogens (tertiary/aromatic N) is 1. The van der Waals surface area contributed by atoms with Crippen molar-refractivity contribution in [1.82, 2.24) is 5.32 Å². The maximum absolute atomic E-state index is 13.3. The van der Waals surface area contributed by atoms with Crippen LogP contribution < -0.4 is 24.4 Å². The number of amides is 4. The van der Waals surface area contributed by atoms with Crippen LogP contribution in [0.4, 0.5) is 10.5 Å². The first-order chi connectivity index (χ1) is 17.9. The standard InChI is InChI=1S/C28H25ClN2O6/c1-3-14-36-25-16-22(35-2)11-8-18(25)15-23-26(32)30-28(34)31(27(23)33)20-9-12-21(13-10-20)37-17-19-6-4-5-7-24(19)29/h4-13,15-16H,3,14,17H2,1-2H3,(H,30,32,34)/b23-15+. The van der Waals surface area contributed by atoms with E-state index in [0.29, 0.717) is 34.4 Å². The van der Waals surface area contributed by atoms with Gasteiger partial charge in [-0.1, -0.05) is 36.7 Å². The summed E-state index contributed by atoms with van der Waals surface area (Å²) in [5, 5.41) is 2.82. The zero-order valence-electron chi connectivity index (χ0n) is 20.3. The quantitative estimate of drug-likeness (QED) is 0.300. The van der Waals surface area contributed by atoms with E-state index < -0.39 is 17.8 Å². The number of methoxy groups -OCH3 is 1. The number of carbonyl (C=O) groups is 3. The Balaban J connectivity index is 1.57. The lowest BCUT2D eigenvalue weighted by atomic mass is 10.1. The van der Waals surface area contributed by atoms with E-state index in [1.54, 1.807) is 48.5 Å². The molecule has 0 unspecified atom stereocenters. The van der Waals surface area contributed by atoms with Crippen LogP contribution in [-0.2, 0) is 16.2 Å². The van der Waals surface area contributed by atoms with Gasteiger partial charge in [0.25, 0.3) is 11.8 Å². The highest BCUT2D eigenvalue weighted by Gasteiger charge is 2.37. The topological polar surface area (TPSA) is 94.2 Å². The number of benzene rings is 3. The van der Waals surface area contributed by atoms with Crippen LogP contribution in [0.2, 0.25) is 5.02 Å². The van der Waals surface area contributed by atoms with E-state index in [-0.39, 0.29) is 17.9 Å². The summed E-state index contributed by atoms with van der Waals surface area (Å²) in [6.45, 7) is 2.67. The number of imide groups is 2. The molecule has 1 heterocycles. The summed E-state index contributed by atoms with van der Waals surface area (Å²) in [6.07, 6.45) is 2.18. The van der Waals surface area contributed by atoms with Gasteiger partial charge in [-0.05, 0) is 55.0 Å². The van der Waals surface area contributed by atoms with Crippen LogP contribution in [-0.4, -0.2) is 31.6 Å². The highest BCUT2D eigenvalue weighted by atomic mass is 35.5. The molecule has 0 saturated carbocycles. The van der Waals surface area contributed by atoms with Crippen LogP contribution >= 0.6 is 11.6 Å². The maximum Gasteiger partial charge on any atom is 0.335 e. The Morgan fingerprint density at radius 2 is 1.68 bits per heavy atom. The highest BCUT2D eigenvalue weighted by molar-refractivity contribution is 6.39. The van der Waals surface area contributed by atoms with Crippen molar-refractivity contribution in [1.29, 1.82) is 0 Å². The van der Waals surface area contributed by atoms with Gasteiger partial charge in [0.05, 0.1) is 19.4 Å². The fourth-order valence-electron chi connectivity index (χ4n) is 3.61. The fourth-order valence-corrected chi connectivity index (χ4v) is 3.80. The van der Waals surface area contributed by atoms with Gasteiger partial charge in [-0.25, -0.2) is 9.69 Å².